The van der Waals surface area contributed by atoms with Crippen molar-refractivity contribution in [3.8, 4) is 0 Å². The van der Waals surface area contributed by atoms with Crippen LogP contribution < -0.4 is 4.72 Å². The third kappa shape index (κ3) is 4.45. The van der Waals surface area contributed by atoms with Crippen LogP contribution in [0.2, 0.25) is 0 Å². The van der Waals surface area contributed by atoms with Crippen molar-refractivity contribution >= 4 is 49.8 Å². The standard InChI is InChI=1S/C20H21N3O3S2/c1-13-17-7-5-6-8-18(17)21-20(23(13)3)27-14(2)19(24)15-9-11-16(12-10-15)22-28(4,25)26/h5-12,14,22H,1H2,2-4H3/t14-/m1/s1. The number of aliphatic imine (C=N–C) groups is 1. The maximum Gasteiger partial charge on any atom is 0.229 e. The molecule has 1 aliphatic rings. The van der Waals surface area contributed by atoms with Crippen LogP contribution >= 0.6 is 11.8 Å². The van der Waals surface area contributed by atoms with E-state index < -0.39 is 10.0 Å². The van der Waals surface area contributed by atoms with Crippen LogP contribution in [0.3, 0.4) is 0 Å². The van der Waals surface area contributed by atoms with E-state index in [4.69, 9.17) is 0 Å². The highest BCUT2D eigenvalue weighted by Crippen LogP contribution is 2.35. The van der Waals surface area contributed by atoms with Crippen LogP contribution in [-0.2, 0) is 10.0 Å². The molecular weight excluding hydrogens is 394 g/mol. The number of carbonyl (C=O) groups is 1. The van der Waals surface area contributed by atoms with Crippen LogP contribution in [0.15, 0.2) is 60.1 Å². The van der Waals surface area contributed by atoms with Crippen molar-refractivity contribution in [3.63, 3.8) is 0 Å². The summed E-state index contributed by atoms with van der Waals surface area (Å²) in [5.41, 5.74) is 3.58. The molecule has 0 saturated carbocycles. The zero-order valence-corrected chi connectivity index (χ0v) is 17.5. The summed E-state index contributed by atoms with van der Waals surface area (Å²) < 4.78 is 25.0. The molecule has 1 heterocycles. The van der Waals surface area contributed by atoms with Crippen molar-refractivity contribution in [2.24, 2.45) is 4.99 Å². The first-order valence-corrected chi connectivity index (χ1v) is 11.3. The first kappa shape index (κ1) is 20.2. The molecule has 146 valence electrons. The maximum absolute atomic E-state index is 12.8. The number of Topliss-reactive ketones (excluding diaryl/α,β-unsaturated/α-hetero) is 1. The molecular formula is C20H21N3O3S2. The van der Waals surface area contributed by atoms with Gasteiger partial charge in [-0.25, -0.2) is 13.4 Å². The van der Waals surface area contributed by atoms with Crippen molar-refractivity contribution in [2.75, 3.05) is 18.0 Å². The average Bonchev–Trinajstić information content (AvgIpc) is 2.64. The first-order chi connectivity index (χ1) is 13.2. The summed E-state index contributed by atoms with van der Waals surface area (Å²) in [4.78, 5) is 19.3. The lowest BCUT2D eigenvalue weighted by atomic mass is 10.1. The van der Waals surface area contributed by atoms with E-state index in [9.17, 15) is 13.2 Å². The van der Waals surface area contributed by atoms with E-state index in [0.717, 1.165) is 23.2 Å². The number of para-hydroxylation sites is 1. The number of amidine groups is 1. The summed E-state index contributed by atoms with van der Waals surface area (Å²) in [5, 5.41) is 0.341. The Balaban J connectivity index is 1.76. The molecule has 1 N–H and O–H groups in total. The highest BCUT2D eigenvalue weighted by molar-refractivity contribution is 8.14. The van der Waals surface area contributed by atoms with Gasteiger partial charge in [-0.2, -0.15) is 0 Å². The van der Waals surface area contributed by atoms with Gasteiger partial charge < -0.3 is 4.90 Å². The maximum atomic E-state index is 12.8. The molecule has 2 aromatic carbocycles. The van der Waals surface area contributed by atoms with E-state index in [1.807, 2.05) is 43.1 Å². The predicted molar refractivity (Wildman–Crippen MR) is 117 cm³/mol. The minimum absolute atomic E-state index is 0.0588. The number of ketones is 1. The third-order valence-electron chi connectivity index (χ3n) is 4.25. The largest absolute Gasteiger partial charge is 0.324 e. The Morgan fingerprint density at radius 3 is 2.46 bits per heavy atom. The quantitative estimate of drug-likeness (QED) is 0.748. The van der Waals surface area contributed by atoms with Crippen LogP contribution in [0, 0.1) is 0 Å². The molecule has 0 radical (unpaired) electrons. The van der Waals surface area contributed by atoms with E-state index in [-0.39, 0.29) is 11.0 Å². The molecule has 0 aromatic heterocycles. The second-order valence-electron chi connectivity index (χ2n) is 6.49. The number of thioether (sulfide) groups is 1. The number of nitrogens with one attached hydrogen (secondary N) is 1. The Kier molecular flexibility index (Phi) is 5.62. The van der Waals surface area contributed by atoms with Crippen LogP contribution in [-0.4, -0.2) is 42.8 Å². The van der Waals surface area contributed by atoms with Gasteiger partial charge >= 0.3 is 0 Å². The van der Waals surface area contributed by atoms with Gasteiger partial charge in [0.05, 0.1) is 17.2 Å². The summed E-state index contributed by atoms with van der Waals surface area (Å²) in [5.74, 6) is -0.0588. The Hall–Kier alpha value is -2.58. The number of benzene rings is 2. The zero-order valence-electron chi connectivity index (χ0n) is 15.8. The van der Waals surface area contributed by atoms with Gasteiger partial charge in [0.2, 0.25) is 10.0 Å². The van der Waals surface area contributed by atoms with Gasteiger partial charge in [0, 0.05) is 29.6 Å². The number of rotatable bonds is 5. The van der Waals surface area contributed by atoms with E-state index in [1.165, 1.54) is 11.8 Å². The third-order valence-corrected chi connectivity index (χ3v) is 6.00. The lowest BCUT2D eigenvalue weighted by Gasteiger charge is -2.29. The highest BCUT2D eigenvalue weighted by atomic mass is 32.2. The van der Waals surface area contributed by atoms with Crippen molar-refractivity contribution in [1.82, 2.24) is 4.90 Å². The summed E-state index contributed by atoms with van der Waals surface area (Å²) in [6.07, 6.45) is 1.08. The fourth-order valence-electron chi connectivity index (χ4n) is 2.76. The molecule has 0 unspecified atom stereocenters. The van der Waals surface area contributed by atoms with Gasteiger partial charge in [-0.15, -0.1) is 0 Å². The number of fused-ring (bicyclic) bond motifs is 1. The molecule has 0 fully saturated rings. The normalized spacial score (nSPS) is 14.9. The van der Waals surface area contributed by atoms with Crippen LogP contribution in [0.25, 0.3) is 5.70 Å². The Morgan fingerprint density at radius 2 is 1.82 bits per heavy atom. The molecule has 0 bridgehead atoms. The molecule has 3 rings (SSSR count). The number of anilines is 1. The number of hydrogen-bond acceptors (Lipinski definition) is 6. The number of nitrogens with zero attached hydrogens (tertiary/aromatic N) is 2. The first-order valence-electron chi connectivity index (χ1n) is 8.55. The fourth-order valence-corrected chi connectivity index (χ4v) is 4.30. The molecule has 0 saturated heterocycles. The SMILES string of the molecule is C=C1c2ccccc2N=C(S[C@H](C)C(=O)c2ccc(NS(C)(=O)=O)cc2)N1C. The summed E-state index contributed by atoms with van der Waals surface area (Å²) in [6.45, 7) is 5.96. The molecule has 2 aromatic rings. The molecule has 0 amide bonds. The topological polar surface area (TPSA) is 78.8 Å². The van der Waals surface area contributed by atoms with Crippen LogP contribution in [0.5, 0.6) is 0 Å². The fraction of sp³-hybridized carbons (Fsp3) is 0.200. The second kappa shape index (κ2) is 7.81. The number of hydrogen-bond donors (Lipinski definition) is 1. The molecule has 0 spiro atoms. The monoisotopic (exact) mass is 415 g/mol. The van der Waals surface area contributed by atoms with E-state index in [1.54, 1.807) is 24.3 Å². The Labute approximate surface area is 169 Å². The number of sulfonamides is 1. The van der Waals surface area contributed by atoms with Crippen LogP contribution in [0.1, 0.15) is 22.8 Å². The summed E-state index contributed by atoms with van der Waals surface area (Å²) in [7, 11) is -1.47. The smallest absolute Gasteiger partial charge is 0.229 e. The van der Waals surface area contributed by atoms with E-state index >= 15 is 0 Å². The van der Waals surface area contributed by atoms with Gasteiger partial charge in [0.1, 0.15) is 0 Å². The zero-order chi connectivity index (χ0) is 20.5. The number of carbonyl (C=O) groups excluding carboxylic acids is 1. The van der Waals surface area contributed by atoms with E-state index in [2.05, 4.69) is 16.3 Å². The molecule has 8 heteroatoms. The Bertz CT molecular complexity index is 1060. The van der Waals surface area contributed by atoms with Gasteiger partial charge in [-0.3, -0.25) is 9.52 Å². The minimum Gasteiger partial charge on any atom is -0.324 e. The summed E-state index contributed by atoms with van der Waals surface area (Å²) in [6, 6.07) is 14.2. The van der Waals surface area contributed by atoms with Crippen molar-refractivity contribution in [2.45, 2.75) is 12.2 Å². The van der Waals surface area contributed by atoms with Crippen LogP contribution in [0.4, 0.5) is 11.4 Å². The summed E-state index contributed by atoms with van der Waals surface area (Å²) >= 11 is 1.37. The van der Waals surface area contributed by atoms with Gasteiger partial charge in [0.25, 0.3) is 0 Å². The van der Waals surface area contributed by atoms with Gasteiger partial charge in [0.15, 0.2) is 11.0 Å². The average molecular weight is 416 g/mol. The lowest BCUT2D eigenvalue weighted by Crippen LogP contribution is -2.28. The molecule has 28 heavy (non-hydrogen) atoms. The van der Waals surface area contributed by atoms with Crippen molar-refractivity contribution < 1.29 is 13.2 Å². The highest BCUT2D eigenvalue weighted by Gasteiger charge is 2.25. The minimum atomic E-state index is -3.35. The second-order valence-corrected chi connectivity index (χ2v) is 9.55. The Morgan fingerprint density at radius 1 is 1.18 bits per heavy atom. The van der Waals surface area contributed by atoms with E-state index in [0.29, 0.717) is 16.4 Å². The van der Waals surface area contributed by atoms with Gasteiger partial charge in [-0.05, 0) is 37.3 Å². The molecule has 6 nitrogen and oxygen atoms in total. The molecule has 1 aliphatic heterocycles. The lowest BCUT2D eigenvalue weighted by molar-refractivity contribution is 0.0994. The van der Waals surface area contributed by atoms with Crippen molar-refractivity contribution in [3.05, 3.63) is 66.2 Å². The van der Waals surface area contributed by atoms with Crippen molar-refractivity contribution in [1.29, 1.82) is 0 Å². The predicted octanol–water partition coefficient (Wildman–Crippen LogP) is 3.97. The molecule has 0 aliphatic carbocycles. The van der Waals surface area contributed by atoms with Gasteiger partial charge in [-0.1, -0.05) is 36.5 Å². The molecule has 1 atom stereocenters.